The normalized spacial score (nSPS) is 12.9. The third kappa shape index (κ3) is 3.64. The van der Waals surface area contributed by atoms with E-state index in [1.807, 2.05) is 29.5 Å². The monoisotopic (exact) mass is 410 g/mol. The molecule has 0 radical (unpaired) electrons. The maximum absolute atomic E-state index is 12.5. The standard InChI is InChI=1S/C17H17BrF2N4O/c1-9-2-3-10(4-5-13(25)15(19)20)6-11(9)12-7-22-17-16(21)23-14(18)8-24(12)17/h2-3,6-8,13,15,25H,4-5H2,1H3,(H2,21,23). The van der Waals surface area contributed by atoms with Gasteiger partial charge in [-0.25, -0.2) is 18.7 Å². The molecule has 0 spiro atoms. The highest BCUT2D eigenvalue weighted by molar-refractivity contribution is 9.10. The topological polar surface area (TPSA) is 76.4 Å². The van der Waals surface area contributed by atoms with Crippen molar-refractivity contribution in [3.05, 3.63) is 46.3 Å². The number of halogens is 3. The first-order chi connectivity index (χ1) is 11.9. The van der Waals surface area contributed by atoms with Crippen molar-refractivity contribution in [3.8, 4) is 11.3 Å². The number of imidazole rings is 1. The van der Waals surface area contributed by atoms with Crippen molar-refractivity contribution in [1.29, 1.82) is 0 Å². The minimum absolute atomic E-state index is 0.00966. The number of aryl methyl sites for hydroxylation is 2. The lowest BCUT2D eigenvalue weighted by atomic mass is 9.99. The van der Waals surface area contributed by atoms with Gasteiger partial charge in [-0.1, -0.05) is 12.1 Å². The minimum Gasteiger partial charge on any atom is -0.387 e. The summed E-state index contributed by atoms with van der Waals surface area (Å²) in [5, 5.41) is 9.31. The van der Waals surface area contributed by atoms with Crippen molar-refractivity contribution in [2.24, 2.45) is 0 Å². The van der Waals surface area contributed by atoms with E-state index in [1.54, 1.807) is 12.4 Å². The average molecular weight is 411 g/mol. The first-order valence-corrected chi connectivity index (χ1v) is 8.51. The smallest absolute Gasteiger partial charge is 0.264 e. The summed E-state index contributed by atoms with van der Waals surface area (Å²) in [6, 6.07) is 5.74. The van der Waals surface area contributed by atoms with Gasteiger partial charge in [-0.3, -0.25) is 4.40 Å². The number of hydrogen-bond donors (Lipinski definition) is 2. The molecule has 0 fully saturated rings. The number of aromatic nitrogens is 3. The van der Waals surface area contributed by atoms with E-state index in [1.165, 1.54) is 0 Å². The highest BCUT2D eigenvalue weighted by atomic mass is 79.9. The third-order valence-corrected chi connectivity index (χ3v) is 4.47. The van der Waals surface area contributed by atoms with Gasteiger partial charge in [0.25, 0.3) is 6.43 Å². The molecule has 3 rings (SSSR count). The molecule has 0 bridgehead atoms. The Balaban J connectivity index is 1.99. The maximum atomic E-state index is 12.5. The first kappa shape index (κ1) is 17.8. The number of fused-ring (bicyclic) bond motifs is 1. The Morgan fingerprint density at radius 2 is 2.12 bits per heavy atom. The molecule has 3 N–H and O–H groups in total. The van der Waals surface area contributed by atoms with Gasteiger partial charge in [0, 0.05) is 11.8 Å². The Bertz CT molecular complexity index is 913. The molecule has 0 amide bonds. The number of anilines is 1. The van der Waals surface area contributed by atoms with E-state index in [4.69, 9.17) is 5.73 Å². The predicted molar refractivity (Wildman–Crippen MR) is 95.6 cm³/mol. The molecular weight excluding hydrogens is 394 g/mol. The Hall–Kier alpha value is -2.06. The van der Waals surface area contributed by atoms with Crippen LogP contribution in [0.2, 0.25) is 0 Å². The largest absolute Gasteiger partial charge is 0.387 e. The number of benzene rings is 1. The second-order valence-electron chi connectivity index (χ2n) is 5.88. The summed E-state index contributed by atoms with van der Waals surface area (Å²) in [6.07, 6.45) is -0.474. The summed E-state index contributed by atoms with van der Waals surface area (Å²) in [7, 11) is 0. The van der Waals surface area contributed by atoms with E-state index in [0.717, 1.165) is 22.4 Å². The lowest BCUT2D eigenvalue weighted by Gasteiger charge is -2.12. The second kappa shape index (κ2) is 7.05. The second-order valence-corrected chi connectivity index (χ2v) is 6.69. The third-order valence-electron chi connectivity index (χ3n) is 4.09. The summed E-state index contributed by atoms with van der Waals surface area (Å²) in [4.78, 5) is 8.45. The summed E-state index contributed by atoms with van der Waals surface area (Å²) in [5.41, 5.74) is 10.1. The lowest BCUT2D eigenvalue weighted by molar-refractivity contribution is -0.00849. The van der Waals surface area contributed by atoms with E-state index in [0.29, 0.717) is 22.5 Å². The Morgan fingerprint density at radius 3 is 2.84 bits per heavy atom. The van der Waals surface area contributed by atoms with E-state index in [-0.39, 0.29) is 6.42 Å². The zero-order valence-electron chi connectivity index (χ0n) is 13.5. The van der Waals surface area contributed by atoms with Crippen LogP contribution in [-0.4, -0.2) is 32.0 Å². The van der Waals surface area contributed by atoms with Gasteiger partial charge in [0.05, 0.1) is 11.9 Å². The summed E-state index contributed by atoms with van der Waals surface area (Å²) < 4.78 is 27.4. The zero-order chi connectivity index (χ0) is 18.1. The van der Waals surface area contributed by atoms with Crippen LogP contribution in [0.3, 0.4) is 0 Å². The van der Waals surface area contributed by atoms with Gasteiger partial charge in [0.1, 0.15) is 10.7 Å². The number of nitrogens with zero attached hydrogens (tertiary/aromatic N) is 3. The van der Waals surface area contributed by atoms with Gasteiger partial charge in [-0.15, -0.1) is 0 Å². The van der Waals surface area contributed by atoms with Crippen LogP contribution in [0.15, 0.2) is 35.2 Å². The highest BCUT2D eigenvalue weighted by Gasteiger charge is 2.17. The fourth-order valence-corrected chi connectivity index (χ4v) is 3.12. The minimum atomic E-state index is -2.73. The molecule has 25 heavy (non-hydrogen) atoms. The van der Waals surface area contributed by atoms with Crippen molar-refractivity contribution in [2.45, 2.75) is 32.3 Å². The molecule has 0 aliphatic rings. The molecule has 2 heterocycles. The SMILES string of the molecule is Cc1ccc(CCC(O)C(F)F)cc1-c1cnc2c(N)nc(Br)cn12. The van der Waals surface area contributed by atoms with Crippen LogP contribution in [0.4, 0.5) is 14.6 Å². The van der Waals surface area contributed by atoms with Crippen molar-refractivity contribution in [1.82, 2.24) is 14.4 Å². The lowest BCUT2D eigenvalue weighted by Crippen LogP contribution is -2.17. The van der Waals surface area contributed by atoms with E-state index in [9.17, 15) is 13.9 Å². The van der Waals surface area contributed by atoms with Crippen LogP contribution in [0.1, 0.15) is 17.5 Å². The molecule has 3 aromatic rings. The van der Waals surface area contributed by atoms with Gasteiger partial charge >= 0.3 is 0 Å². The van der Waals surface area contributed by atoms with Gasteiger partial charge in [0.15, 0.2) is 11.5 Å². The molecule has 0 saturated heterocycles. The van der Waals surface area contributed by atoms with Gasteiger partial charge in [0.2, 0.25) is 0 Å². The average Bonchev–Trinajstić information content (AvgIpc) is 2.97. The summed E-state index contributed by atoms with van der Waals surface area (Å²) >= 11 is 3.32. The molecule has 8 heteroatoms. The molecule has 0 aliphatic carbocycles. The number of nitrogen functional groups attached to an aromatic ring is 1. The quantitative estimate of drug-likeness (QED) is 0.673. The number of nitrogens with two attached hydrogens (primary N) is 1. The predicted octanol–water partition coefficient (Wildman–Crippen LogP) is 3.61. The van der Waals surface area contributed by atoms with Crippen molar-refractivity contribution in [2.75, 3.05) is 5.73 Å². The number of rotatable bonds is 5. The number of aliphatic hydroxyl groups is 1. The van der Waals surface area contributed by atoms with Crippen LogP contribution in [-0.2, 0) is 6.42 Å². The highest BCUT2D eigenvalue weighted by Crippen LogP contribution is 2.28. The van der Waals surface area contributed by atoms with Crippen molar-refractivity contribution < 1.29 is 13.9 Å². The molecule has 1 atom stereocenters. The molecule has 1 aromatic carbocycles. The van der Waals surface area contributed by atoms with E-state index < -0.39 is 12.5 Å². The maximum Gasteiger partial charge on any atom is 0.264 e. The summed E-state index contributed by atoms with van der Waals surface area (Å²) in [6.45, 7) is 1.96. The van der Waals surface area contributed by atoms with E-state index in [2.05, 4.69) is 25.9 Å². The van der Waals surface area contributed by atoms with Crippen molar-refractivity contribution >= 4 is 27.4 Å². The molecule has 2 aromatic heterocycles. The summed E-state index contributed by atoms with van der Waals surface area (Å²) in [5.74, 6) is 0.314. The Kier molecular flexibility index (Phi) is 5.01. The Morgan fingerprint density at radius 1 is 1.36 bits per heavy atom. The number of aliphatic hydroxyl groups excluding tert-OH is 1. The van der Waals surface area contributed by atoms with Crippen LogP contribution in [0.5, 0.6) is 0 Å². The van der Waals surface area contributed by atoms with Gasteiger partial charge in [-0.05, 0) is 52.9 Å². The van der Waals surface area contributed by atoms with Gasteiger partial charge < -0.3 is 10.8 Å². The molecule has 132 valence electrons. The van der Waals surface area contributed by atoms with Crippen LogP contribution in [0.25, 0.3) is 16.9 Å². The number of hydrogen-bond acceptors (Lipinski definition) is 4. The fraction of sp³-hybridized carbons (Fsp3) is 0.294. The van der Waals surface area contributed by atoms with Crippen LogP contribution in [0, 0.1) is 6.92 Å². The zero-order valence-corrected chi connectivity index (χ0v) is 15.0. The number of alkyl halides is 2. The first-order valence-electron chi connectivity index (χ1n) is 7.72. The molecule has 1 unspecified atom stereocenters. The van der Waals surface area contributed by atoms with Crippen LogP contribution >= 0.6 is 15.9 Å². The molecule has 0 aliphatic heterocycles. The fourth-order valence-electron chi connectivity index (χ4n) is 2.72. The van der Waals surface area contributed by atoms with Gasteiger partial charge in [-0.2, -0.15) is 0 Å². The molecular formula is C17H17BrF2N4O. The van der Waals surface area contributed by atoms with Crippen molar-refractivity contribution in [3.63, 3.8) is 0 Å². The molecule has 0 saturated carbocycles. The van der Waals surface area contributed by atoms with Crippen LogP contribution < -0.4 is 5.73 Å². The Labute approximate surface area is 151 Å². The van der Waals surface area contributed by atoms with E-state index >= 15 is 0 Å². The molecule has 5 nitrogen and oxygen atoms in total.